The zero-order valence-electron chi connectivity index (χ0n) is 8.37. The first kappa shape index (κ1) is 11.9. The summed E-state index contributed by atoms with van der Waals surface area (Å²) in [6.45, 7) is 0.125. The average molecular weight is 303 g/mol. The Balaban J connectivity index is 2.33. The van der Waals surface area contributed by atoms with Crippen LogP contribution in [0.5, 0.6) is 0 Å². The lowest BCUT2D eigenvalue weighted by Crippen LogP contribution is -2.19. The maximum absolute atomic E-state index is 11.4. The van der Waals surface area contributed by atoms with Gasteiger partial charge in [0.15, 0.2) is 0 Å². The smallest absolute Gasteiger partial charge is 0.245 e. The average Bonchev–Trinajstić information content (AvgIpc) is 2.52. The van der Waals surface area contributed by atoms with Crippen LogP contribution in [0.4, 0.5) is 5.69 Å². The molecule has 1 heterocycles. The van der Waals surface area contributed by atoms with Crippen LogP contribution in [-0.4, -0.2) is 23.4 Å². The van der Waals surface area contributed by atoms with Gasteiger partial charge in [0.05, 0.1) is 6.61 Å². The number of hydrogen-bond donors (Lipinski definition) is 3. The Hall–Kier alpha value is -0.560. The summed E-state index contributed by atoms with van der Waals surface area (Å²) >= 11 is 4.96. The summed E-state index contributed by atoms with van der Waals surface area (Å²) < 4.78 is 0.900. The number of anilines is 1. The second-order valence-corrected chi connectivity index (χ2v) is 5.40. The number of hydrogen-bond acceptors (Lipinski definition) is 4. The molecule has 0 bridgehead atoms. The zero-order chi connectivity index (χ0) is 11.7. The van der Waals surface area contributed by atoms with E-state index in [2.05, 4.69) is 21.2 Å². The first-order chi connectivity index (χ1) is 7.63. The van der Waals surface area contributed by atoms with Crippen molar-refractivity contribution in [2.75, 3.05) is 17.7 Å². The van der Waals surface area contributed by atoms with Gasteiger partial charge in [-0.2, -0.15) is 0 Å². The first-order valence-corrected chi connectivity index (χ1v) is 6.55. The molecular formula is C10H11BrN2O2S. The van der Waals surface area contributed by atoms with E-state index < -0.39 is 6.04 Å². The molecule has 1 atom stereocenters. The summed E-state index contributed by atoms with van der Waals surface area (Å²) in [5, 5.41) is 11.5. The molecular weight excluding hydrogens is 292 g/mol. The third-order valence-electron chi connectivity index (χ3n) is 2.33. The van der Waals surface area contributed by atoms with Gasteiger partial charge in [0.2, 0.25) is 5.91 Å². The molecule has 2 rings (SSSR count). The van der Waals surface area contributed by atoms with Gasteiger partial charge in [-0.25, -0.2) is 0 Å². The molecule has 1 aliphatic rings. The predicted molar refractivity (Wildman–Crippen MR) is 67.5 cm³/mol. The third-order valence-corrected chi connectivity index (χ3v) is 4.28. The van der Waals surface area contributed by atoms with Crippen LogP contribution in [0, 0.1) is 0 Å². The van der Waals surface area contributed by atoms with Gasteiger partial charge in [0.1, 0.15) is 6.04 Å². The summed E-state index contributed by atoms with van der Waals surface area (Å²) in [6, 6.07) is 3.16. The molecule has 1 aliphatic heterocycles. The lowest BCUT2D eigenvalue weighted by Gasteiger charge is -2.07. The predicted octanol–water partition coefficient (Wildman–Crippen LogP) is 1.49. The van der Waals surface area contributed by atoms with E-state index in [0.29, 0.717) is 5.75 Å². The van der Waals surface area contributed by atoms with E-state index in [0.717, 1.165) is 20.6 Å². The second-order valence-electron chi connectivity index (χ2n) is 3.41. The number of benzene rings is 1. The van der Waals surface area contributed by atoms with E-state index in [4.69, 9.17) is 10.8 Å². The Kier molecular flexibility index (Phi) is 3.53. The largest absolute Gasteiger partial charge is 0.396 e. The van der Waals surface area contributed by atoms with E-state index in [9.17, 15) is 4.79 Å². The molecule has 4 nitrogen and oxygen atoms in total. The molecule has 0 saturated carbocycles. The van der Waals surface area contributed by atoms with Crippen LogP contribution in [0.15, 0.2) is 21.5 Å². The van der Waals surface area contributed by atoms with Gasteiger partial charge in [-0.1, -0.05) is 0 Å². The van der Waals surface area contributed by atoms with E-state index in [1.807, 2.05) is 12.1 Å². The van der Waals surface area contributed by atoms with Crippen LogP contribution in [-0.2, 0) is 4.79 Å². The summed E-state index contributed by atoms with van der Waals surface area (Å²) in [4.78, 5) is 12.4. The van der Waals surface area contributed by atoms with Crippen LogP contribution < -0.4 is 11.1 Å². The van der Waals surface area contributed by atoms with Crippen molar-refractivity contribution in [1.82, 2.24) is 0 Å². The first-order valence-electron chi connectivity index (χ1n) is 4.77. The van der Waals surface area contributed by atoms with Gasteiger partial charge < -0.3 is 16.2 Å². The van der Waals surface area contributed by atoms with Gasteiger partial charge in [0, 0.05) is 26.4 Å². The molecule has 6 heteroatoms. The monoisotopic (exact) mass is 302 g/mol. The van der Waals surface area contributed by atoms with Crippen molar-refractivity contribution in [2.24, 2.45) is 5.73 Å². The van der Waals surface area contributed by atoms with E-state index in [1.165, 1.54) is 11.8 Å². The van der Waals surface area contributed by atoms with Crippen molar-refractivity contribution in [2.45, 2.75) is 10.9 Å². The van der Waals surface area contributed by atoms with E-state index in [-0.39, 0.29) is 12.5 Å². The number of fused-ring (bicyclic) bond motifs is 1. The number of nitrogens with two attached hydrogens (primary N) is 1. The lowest BCUT2D eigenvalue weighted by molar-refractivity contribution is -0.116. The molecule has 0 spiro atoms. The van der Waals surface area contributed by atoms with Crippen molar-refractivity contribution in [3.63, 3.8) is 0 Å². The molecule has 4 N–H and O–H groups in total. The normalized spacial score (nSPS) is 18.4. The van der Waals surface area contributed by atoms with Gasteiger partial charge in [-0.15, -0.1) is 11.8 Å². The van der Waals surface area contributed by atoms with Crippen LogP contribution in [0.1, 0.15) is 11.6 Å². The fraction of sp³-hybridized carbons (Fsp3) is 0.300. The number of nitrogens with one attached hydrogen (secondary N) is 1. The van der Waals surface area contributed by atoms with E-state index >= 15 is 0 Å². The maximum Gasteiger partial charge on any atom is 0.245 e. The highest BCUT2D eigenvalue weighted by atomic mass is 79.9. The Morgan fingerprint density at radius 2 is 2.31 bits per heavy atom. The number of thioether (sulfide) groups is 1. The standard InChI is InChI=1S/C10H11BrN2O2S/c11-6-3-5-7(13-10(15)9(5)12)4-8(6)16-2-1-14/h3-4,9,14H,1-2,12H2,(H,13,15). The Bertz CT molecular complexity index is 439. The number of rotatable bonds is 3. The molecule has 1 aromatic rings. The number of carbonyl (C=O) groups is 1. The van der Waals surface area contributed by atoms with E-state index in [1.54, 1.807) is 0 Å². The highest BCUT2D eigenvalue weighted by molar-refractivity contribution is 9.10. The molecule has 86 valence electrons. The van der Waals surface area contributed by atoms with Gasteiger partial charge in [-0.3, -0.25) is 4.79 Å². The molecule has 0 saturated heterocycles. The molecule has 0 aromatic heterocycles. The maximum atomic E-state index is 11.4. The zero-order valence-corrected chi connectivity index (χ0v) is 10.8. The van der Waals surface area contributed by atoms with Crippen molar-refractivity contribution < 1.29 is 9.90 Å². The minimum atomic E-state index is -0.580. The molecule has 0 aliphatic carbocycles. The molecule has 1 amide bonds. The lowest BCUT2D eigenvalue weighted by atomic mass is 10.1. The topological polar surface area (TPSA) is 75.4 Å². The van der Waals surface area contributed by atoms with Gasteiger partial charge >= 0.3 is 0 Å². The van der Waals surface area contributed by atoms with Gasteiger partial charge in [0.25, 0.3) is 0 Å². The summed E-state index contributed by atoms with van der Waals surface area (Å²) in [5.74, 6) is 0.448. The highest BCUT2D eigenvalue weighted by Gasteiger charge is 2.28. The van der Waals surface area contributed by atoms with Gasteiger partial charge in [-0.05, 0) is 28.1 Å². The van der Waals surface area contributed by atoms with Crippen LogP contribution in [0.3, 0.4) is 0 Å². The second kappa shape index (κ2) is 4.75. The minimum Gasteiger partial charge on any atom is -0.396 e. The summed E-state index contributed by atoms with van der Waals surface area (Å²) in [7, 11) is 0. The summed E-state index contributed by atoms with van der Waals surface area (Å²) in [5.41, 5.74) is 7.30. The molecule has 1 aromatic carbocycles. The van der Waals surface area contributed by atoms with Crippen molar-refractivity contribution >= 4 is 39.3 Å². The van der Waals surface area contributed by atoms with Crippen LogP contribution >= 0.6 is 27.7 Å². The van der Waals surface area contributed by atoms with Crippen molar-refractivity contribution in [3.05, 3.63) is 22.2 Å². The molecule has 0 radical (unpaired) electrons. The van der Waals surface area contributed by atoms with Crippen molar-refractivity contribution in [3.8, 4) is 0 Å². The number of carbonyl (C=O) groups excluding carboxylic acids is 1. The van der Waals surface area contributed by atoms with Crippen LogP contribution in [0.2, 0.25) is 0 Å². The Morgan fingerprint density at radius 1 is 1.56 bits per heavy atom. The molecule has 16 heavy (non-hydrogen) atoms. The number of halogens is 1. The quantitative estimate of drug-likeness (QED) is 0.740. The van der Waals surface area contributed by atoms with Crippen molar-refractivity contribution in [1.29, 1.82) is 0 Å². The SMILES string of the molecule is NC1C(=O)Nc2cc(SCCO)c(Br)cc21. The van der Waals surface area contributed by atoms with Crippen LogP contribution in [0.25, 0.3) is 0 Å². The third kappa shape index (κ3) is 2.10. The molecule has 1 unspecified atom stereocenters. The Labute approximate surface area is 106 Å². The highest BCUT2D eigenvalue weighted by Crippen LogP contribution is 2.37. The Morgan fingerprint density at radius 3 is 3.00 bits per heavy atom. The fourth-order valence-electron chi connectivity index (χ4n) is 1.55. The minimum absolute atomic E-state index is 0.125. The number of aliphatic hydroxyl groups excluding tert-OH is 1. The number of aliphatic hydroxyl groups is 1. The fourth-order valence-corrected chi connectivity index (χ4v) is 2.97. The number of amides is 1. The molecule has 0 fully saturated rings. The summed E-state index contributed by atoms with van der Waals surface area (Å²) in [6.07, 6.45) is 0.